The maximum absolute atomic E-state index is 12.1. The zero-order chi connectivity index (χ0) is 33.3. The zero-order valence-corrected chi connectivity index (χ0v) is 25.6. The molecule has 1 amide bonds. The van der Waals surface area contributed by atoms with Gasteiger partial charge in [0.15, 0.2) is 18.9 Å². The first kappa shape index (κ1) is 38.3. The molecule has 0 saturated carbocycles. The van der Waals surface area contributed by atoms with Crippen molar-refractivity contribution in [2.75, 3.05) is 26.4 Å². The van der Waals surface area contributed by atoms with E-state index in [0.717, 1.165) is 39.0 Å². The second kappa shape index (κ2) is 18.4. The molecule has 0 aromatic rings. The number of unbranched alkanes of at least 4 members (excludes halogenated alkanes) is 5. The van der Waals surface area contributed by atoms with Crippen molar-refractivity contribution in [2.45, 2.75) is 144 Å². The van der Waals surface area contributed by atoms with Crippen LogP contribution in [0.3, 0.4) is 0 Å². The summed E-state index contributed by atoms with van der Waals surface area (Å²) in [7, 11) is 0. The van der Waals surface area contributed by atoms with E-state index in [0.29, 0.717) is 6.42 Å². The third-order valence-electron chi connectivity index (χ3n) is 8.26. The van der Waals surface area contributed by atoms with Gasteiger partial charge >= 0.3 is 0 Å². The van der Waals surface area contributed by atoms with E-state index in [1.54, 1.807) is 0 Å². The van der Waals surface area contributed by atoms with Gasteiger partial charge in [0.05, 0.1) is 19.8 Å². The fraction of sp³-hybridized carbons (Fsp3) is 0.964. The van der Waals surface area contributed by atoms with E-state index in [4.69, 9.17) is 28.4 Å². The second-order valence-electron chi connectivity index (χ2n) is 11.7. The van der Waals surface area contributed by atoms with Crippen molar-refractivity contribution in [1.29, 1.82) is 0 Å². The Morgan fingerprint density at radius 2 is 1.16 bits per heavy atom. The summed E-state index contributed by atoms with van der Waals surface area (Å²) in [4.78, 5) is 12.1. The lowest BCUT2D eigenvalue weighted by Gasteiger charge is -2.49. The molecule has 45 heavy (non-hydrogen) atoms. The molecule has 0 radical (unpaired) electrons. The maximum Gasteiger partial charge on any atom is 0.217 e. The third-order valence-corrected chi connectivity index (χ3v) is 8.26. The fourth-order valence-electron chi connectivity index (χ4n) is 5.65. The largest absolute Gasteiger partial charge is 0.394 e. The number of aliphatic hydroxyl groups excluding tert-OH is 9. The average Bonchev–Trinajstić information content (AvgIpc) is 3.02. The van der Waals surface area contributed by atoms with Crippen LogP contribution >= 0.6 is 0 Å². The zero-order valence-electron chi connectivity index (χ0n) is 25.6. The van der Waals surface area contributed by atoms with Crippen molar-refractivity contribution in [1.82, 2.24) is 5.32 Å². The minimum absolute atomic E-state index is 0.204. The minimum Gasteiger partial charge on any atom is -0.394 e. The molecule has 3 aliphatic heterocycles. The summed E-state index contributed by atoms with van der Waals surface area (Å²) in [6, 6.07) is -1.43. The van der Waals surface area contributed by atoms with Crippen LogP contribution in [0.2, 0.25) is 0 Å². The first-order valence-corrected chi connectivity index (χ1v) is 15.6. The fourth-order valence-corrected chi connectivity index (χ4v) is 5.65. The Morgan fingerprint density at radius 1 is 0.622 bits per heavy atom. The summed E-state index contributed by atoms with van der Waals surface area (Å²) < 4.78 is 34.4. The van der Waals surface area contributed by atoms with Crippen LogP contribution in [0.25, 0.3) is 0 Å². The highest BCUT2D eigenvalue weighted by molar-refractivity contribution is 5.73. The van der Waals surface area contributed by atoms with Gasteiger partial charge in [-0.3, -0.25) is 4.79 Å². The Kier molecular flexibility index (Phi) is 15.7. The number of carbonyl (C=O) groups excluding carboxylic acids is 1. The van der Waals surface area contributed by atoms with Crippen molar-refractivity contribution >= 4 is 5.91 Å². The summed E-state index contributed by atoms with van der Waals surface area (Å²) in [6.07, 6.45) is -15.9. The Bertz CT molecular complexity index is 870. The van der Waals surface area contributed by atoms with Crippen LogP contribution in [0.5, 0.6) is 0 Å². The molecular weight excluding hydrogens is 606 g/mol. The van der Waals surface area contributed by atoms with E-state index in [1.165, 1.54) is 0 Å². The van der Waals surface area contributed by atoms with E-state index in [2.05, 4.69) is 12.2 Å². The monoisotopic (exact) mass is 657 g/mol. The summed E-state index contributed by atoms with van der Waals surface area (Å²) in [5, 5.41) is 95.3. The van der Waals surface area contributed by atoms with Gasteiger partial charge in [0.25, 0.3) is 0 Å². The van der Waals surface area contributed by atoms with Crippen LogP contribution in [0.4, 0.5) is 0 Å². The van der Waals surface area contributed by atoms with E-state index in [9.17, 15) is 50.8 Å². The van der Waals surface area contributed by atoms with E-state index in [1.807, 2.05) is 0 Å². The predicted molar refractivity (Wildman–Crippen MR) is 150 cm³/mol. The molecule has 3 saturated heterocycles. The van der Waals surface area contributed by atoms with Crippen molar-refractivity contribution in [3.63, 3.8) is 0 Å². The summed E-state index contributed by atoms with van der Waals surface area (Å²) in [6.45, 7) is 1.31. The summed E-state index contributed by atoms with van der Waals surface area (Å²) in [5.41, 5.74) is 0. The lowest BCUT2D eigenvalue weighted by atomic mass is 9.94. The Hall–Kier alpha value is -1.13. The van der Waals surface area contributed by atoms with Gasteiger partial charge < -0.3 is 79.7 Å². The van der Waals surface area contributed by atoms with E-state index in [-0.39, 0.29) is 6.61 Å². The molecular formula is C28H51NO16. The highest BCUT2D eigenvalue weighted by atomic mass is 16.8. The number of hydrogen-bond acceptors (Lipinski definition) is 16. The Balaban J connectivity index is 1.78. The smallest absolute Gasteiger partial charge is 0.217 e. The average molecular weight is 658 g/mol. The molecule has 0 aliphatic carbocycles. The molecule has 3 aliphatic rings. The summed E-state index contributed by atoms with van der Waals surface area (Å²) in [5.74, 6) is -0.637. The van der Waals surface area contributed by atoms with Crippen LogP contribution in [0, 0.1) is 0 Å². The third kappa shape index (κ3) is 9.71. The Morgan fingerprint density at radius 3 is 1.76 bits per heavy atom. The molecule has 264 valence electrons. The highest BCUT2D eigenvalue weighted by Gasteiger charge is 2.54. The number of nitrogens with one attached hydrogen (secondary N) is 1. The number of hydrogen-bond donors (Lipinski definition) is 10. The first-order valence-electron chi connectivity index (χ1n) is 15.6. The molecule has 0 aromatic heterocycles. The van der Waals surface area contributed by atoms with Gasteiger partial charge in [-0.15, -0.1) is 0 Å². The maximum atomic E-state index is 12.1. The molecule has 15 atom stereocenters. The number of ether oxygens (including phenoxy) is 6. The van der Waals surface area contributed by atoms with Crippen LogP contribution in [0.1, 0.15) is 52.4 Å². The number of carbonyl (C=O) groups is 1. The standard InChI is InChI=1S/C28H51NO16/c1-3-4-5-6-7-8-9-40-28-25(22(38)19(35)15(11-31)42-28)45-26-17(29-13(2)33)20(36)24(16(12-32)43-26)44-27-23(39)21(37)18(34)14(10-30)41-27/h14-28,30-32,34-39H,3-12H2,1-2H3,(H,29,33)/t14-,15-,16-,17-,18+,19-,20-,21+,22+,23-,24-,25+,26+,27+,28+/m1/s1. The number of aliphatic hydroxyl groups is 9. The second-order valence-corrected chi connectivity index (χ2v) is 11.7. The molecule has 0 aromatic carbocycles. The van der Waals surface area contributed by atoms with Crippen LogP contribution in [0.15, 0.2) is 0 Å². The molecule has 17 nitrogen and oxygen atoms in total. The molecule has 10 N–H and O–H groups in total. The van der Waals surface area contributed by atoms with Gasteiger partial charge in [-0.2, -0.15) is 0 Å². The number of rotatable bonds is 16. The molecule has 3 rings (SSSR count). The van der Waals surface area contributed by atoms with Crippen molar-refractivity contribution in [3.05, 3.63) is 0 Å². The molecule has 0 unspecified atom stereocenters. The molecule has 0 bridgehead atoms. The van der Waals surface area contributed by atoms with Gasteiger partial charge in [0.1, 0.15) is 73.2 Å². The molecule has 3 fully saturated rings. The van der Waals surface area contributed by atoms with Gasteiger partial charge in [0, 0.05) is 13.5 Å². The van der Waals surface area contributed by atoms with Crippen LogP contribution < -0.4 is 5.32 Å². The predicted octanol–water partition coefficient (Wildman–Crippen LogP) is -4.04. The molecule has 3 heterocycles. The quantitative estimate of drug-likeness (QED) is 0.0708. The Labute approximate surface area is 261 Å². The molecule has 17 heteroatoms. The lowest BCUT2D eigenvalue weighted by Crippen LogP contribution is -2.69. The van der Waals surface area contributed by atoms with Crippen molar-refractivity contribution < 1.29 is 79.2 Å². The number of amides is 1. The van der Waals surface area contributed by atoms with Gasteiger partial charge in [0.2, 0.25) is 5.91 Å². The highest BCUT2D eigenvalue weighted by Crippen LogP contribution is 2.33. The normalized spacial score (nSPS) is 42.4. The van der Waals surface area contributed by atoms with Crippen molar-refractivity contribution in [2.24, 2.45) is 0 Å². The van der Waals surface area contributed by atoms with Gasteiger partial charge in [-0.05, 0) is 6.42 Å². The van der Waals surface area contributed by atoms with Gasteiger partial charge in [-0.25, -0.2) is 0 Å². The van der Waals surface area contributed by atoms with Crippen molar-refractivity contribution in [3.8, 4) is 0 Å². The summed E-state index contributed by atoms with van der Waals surface area (Å²) >= 11 is 0. The molecule has 0 spiro atoms. The lowest BCUT2D eigenvalue weighted by molar-refractivity contribution is -0.372. The SMILES string of the molecule is CCCCCCCCO[C@H]1O[C@H](CO)[C@@H](O)[C@H](O)[C@@H]1O[C@@H]1O[C@H](CO)[C@@H](O[C@@H]2O[C@H](CO)[C@H](O)[C@H](O)[C@H]2O)[C@H](O)[C@H]1NC(C)=O. The topological polar surface area (TPSA) is 267 Å². The minimum atomic E-state index is -1.83. The van der Waals surface area contributed by atoms with Crippen LogP contribution in [-0.2, 0) is 33.2 Å². The van der Waals surface area contributed by atoms with Crippen LogP contribution in [-0.4, -0.2) is 170 Å². The first-order chi connectivity index (χ1) is 21.5. The van der Waals surface area contributed by atoms with E-state index < -0.39 is 118 Å². The van der Waals surface area contributed by atoms with Gasteiger partial charge in [-0.1, -0.05) is 39.0 Å². The van der Waals surface area contributed by atoms with E-state index >= 15 is 0 Å².